The van der Waals surface area contributed by atoms with E-state index in [1.807, 2.05) is 0 Å². The number of benzene rings is 1. The second kappa shape index (κ2) is 5.12. The van der Waals surface area contributed by atoms with E-state index >= 15 is 0 Å². The molecule has 124 valence electrons. The zero-order chi connectivity index (χ0) is 17.6. The van der Waals surface area contributed by atoms with Gasteiger partial charge >= 0.3 is 17.5 Å². The minimum absolute atomic E-state index is 0.0832. The van der Waals surface area contributed by atoms with Crippen molar-refractivity contribution in [3.05, 3.63) is 41.2 Å². The molecule has 0 aliphatic carbocycles. The number of hydrogen-bond acceptors (Lipinski definition) is 8. The van der Waals surface area contributed by atoms with Crippen LogP contribution in [0.3, 0.4) is 0 Å². The summed E-state index contributed by atoms with van der Waals surface area (Å²) in [5.74, 6) is -4.63. The molecule has 0 aromatic heterocycles. The van der Waals surface area contributed by atoms with E-state index in [1.165, 1.54) is 25.1 Å². The number of ketones is 1. The van der Waals surface area contributed by atoms with Crippen LogP contribution in [-0.2, 0) is 23.9 Å². The van der Waals surface area contributed by atoms with Crippen molar-refractivity contribution >= 4 is 23.5 Å². The van der Waals surface area contributed by atoms with Gasteiger partial charge < -0.3 is 24.4 Å². The number of aliphatic hydroxyl groups excluding tert-OH is 1. The standard InChI is InChI=1S/C16H12O8/c1-7-6-23-14(20)11-12(18)10-8(17)4-3-5-9(10)24-16(11,13(7)19)15(21)22-2/h3-6,17-18H,1-2H3/t16-/m0/s1. The smallest absolute Gasteiger partial charge is 0.363 e. The van der Waals surface area contributed by atoms with Crippen LogP contribution >= 0.6 is 0 Å². The third-order valence-corrected chi connectivity index (χ3v) is 3.79. The molecule has 2 aliphatic rings. The number of Topliss-reactive ketones (excluding diaryl/α,β-unsaturated/α-hetero) is 1. The van der Waals surface area contributed by atoms with Crippen molar-refractivity contribution in [2.45, 2.75) is 12.5 Å². The van der Waals surface area contributed by atoms with E-state index < -0.39 is 40.4 Å². The molecule has 0 bridgehead atoms. The van der Waals surface area contributed by atoms with Gasteiger partial charge in [-0.05, 0) is 19.1 Å². The Morgan fingerprint density at radius 3 is 2.62 bits per heavy atom. The van der Waals surface area contributed by atoms with E-state index in [1.54, 1.807) is 0 Å². The van der Waals surface area contributed by atoms with Crippen LogP contribution in [0.2, 0.25) is 0 Å². The molecule has 0 amide bonds. The Balaban J connectivity index is 2.42. The maximum absolute atomic E-state index is 12.8. The first-order valence-corrected chi connectivity index (χ1v) is 6.80. The fraction of sp³-hybridized carbons (Fsp3) is 0.188. The van der Waals surface area contributed by atoms with E-state index in [4.69, 9.17) is 9.47 Å². The van der Waals surface area contributed by atoms with Crippen molar-refractivity contribution in [3.8, 4) is 11.5 Å². The number of aromatic hydroxyl groups is 1. The average Bonchev–Trinajstić information content (AvgIpc) is 2.65. The molecule has 2 heterocycles. The van der Waals surface area contributed by atoms with Crippen molar-refractivity contribution < 1.29 is 38.8 Å². The number of methoxy groups -OCH3 is 1. The quantitative estimate of drug-likeness (QED) is 0.577. The summed E-state index contributed by atoms with van der Waals surface area (Å²) in [5, 5.41) is 20.4. The second-order valence-corrected chi connectivity index (χ2v) is 5.18. The zero-order valence-electron chi connectivity index (χ0n) is 12.7. The maximum Gasteiger partial charge on any atom is 0.363 e. The van der Waals surface area contributed by atoms with Crippen molar-refractivity contribution in [1.82, 2.24) is 0 Å². The number of carbonyl (C=O) groups is 3. The van der Waals surface area contributed by atoms with E-state index in [0.717, 1.165) is 13.4 Å². The summed E-state index contributed by atoms with van der Waals surface area (Å²) in [4.78, 5) is 37.5. The summed E-state index contributed by atoms with van der Waals surface area (Å²) >= 11 is 0. The fourth-order valence-electron chi connectivity index (χ4n) is 2.66. The number of aliphatic hydroxyl groups is 1. The summed E-state index contributed by atoms with van der Waals surface area (Å²) in [6.45, 7) is 1.32. The number of phenols is 1. The molecule has 2 N–H and O–H groups in total. The highest BCUT2D eigenvalue weighted by Crippen LogP contribution is 2.46. The summed E-state index contributed by atoms with van der Waals surface area (Å²) < 4.78 is 14.9. The van der Waals surface area contributed by atoms with Gasteiger partial charge in [0.05, 0.1) is 7.11 Å². The van der Waals surface area contributed by atoms with Crippen molar-refractivity contribution in [2.75, 3.05) is 7.11 Å². The second-order valence-electron chi connectivity index (χ2n) is 5.18. The lowest BCUT2D eigenvalue weighted by atomic mass is 9.82. The van der Waals surface area contributed by atoms with Crippen LogP contribution in [0.15, 0.2) is 35.6 Å². The van der Waals surface area contributed by atoms with Gasteiger partial charge in [-0.25, -0.2) is 9.59 Å². The molecule has 1 aromatic rings. The fourth-order valence-corrected chi connectivity index (χ4v) is 2.66. The molecule has 1 aromatic carbocycles. The number of esters is 2. The molecule has 24 heavy (non-hydrogen) atoms. The molecule has 2 aliphatic heterocycles. The first-order valence-electron chi connectivity index (χ1n) is 6.80. The molecular weight excluding hydrogens is 320 g/mol. The highest BCUT2D eigenvalue weighted by Gasteiger charge is 2.61. The number of fused-ring (bicyclic) bond motifs is 2. The Labute approximate surface area is 135 Å². The monoisotopic (exact) mass is 332 g/mol. The van der Waals surface area contributed by atoms with Crippen LogP contribution in [0.4, 0.5) is 0 Å². The van der Waals surface area contributed by atoms with E-state index in [0.29, 0.717) is 0 Å². The molecule has 0 radical (unpaired) electrons. The highest BCUT2D eigenvalue weighted by atomic mass is 16.6. The third kappa shape index (κ3) is 1.82. The lowest BCUT2D eigenvalue weighted by molar-refractivity contribution is -0.162. The van der Waals surface area contributed by atoms with Crippen LogP contribution in [-0.4, -0.2) is 40.6 Å². The molecule has 1 atom stereocenters. The Morgan fingerprint density at radius 2 is 1.96 bits per heavy atom. The van der Waals surface area contributed by atoms with Crippen LogP contribution < -0.4 is 4.74 Å². The molecule has 0 fully saturated rings. The molecule has 8 nitrogen and oxygen atoms in total. The highest BCUT2D eigenvalue weighted by molar-refractivity contribution is 6.26. The molecule has 8 heteroatoms. The summed E-state index contributed by atoms with van der Waals surface area (Å²) in [6.07, 6.45) is 0.863. The number of hydrogen-bond donors (Lipinski definition) is 2. The lowest BCUT2D eigenvalue weighted by Crippen LogP contribution is -2.57. The Morgan fingerprint density at radius 1 is 1.25 bits per heavy atom. The normalized spacial score (nSPS) is 22.5. The lowest BCUT2D eigenvalue weighted by Gasteiger charge is -2.34. The zero-order valence-corrected chi connectivity index (χ0v) is 12.7. The largest absolute Gasteiger partial charge is 0.507 e. The van der Waals surface area contributed by atoms with Crippen LogP contribution in [0.5, 0.6) is 11.5 Å². The number of cyclic esters (lactones) is 1. The van der Waals surface area contributed by atoms with Gasteiger partial charge in [0.2, 0.25) is 5.78 Å². The number of ether oxygens (including phenoxy) is 3. The Bertz CT molecular complexity index is 848. The first-order chi connectivity index (χ1) is 11.3. The van der Waals surface area contributed by atoms with Gasteiger partial charge in [-0.3, -0.25) is 4.79 Å². The van der Waals surface area contributed by atoms with Gasteiger partial charge in [-0.1, -0.05) is 6.07 Å². The van der Waals surface area contributed by atoms with Gasteiger partial charge in [-0.2, -0.15) is 0 Å². The van der Waals surface area contributed by atoms with E-state index in [2.05, 4.69) is 4.74 Å². The summed E-state index contributed by atoms with van der Waals surface area (Å²) in [5.41, 5.74) is -3.61. The molecule has 3 rings (SSSR count). The van der Waals surface area contributed by atoms with Crippen molar-refractivity contribution in [3.63, 3.8) is 0 Å². The van der Waals surface area contributed by atoms with Crippen molar-refractivity contribution in [1.29, 1.82) is 0 Å². The maximum atomic E-state index is 12.8. The minimum Gasteiger partial charge on any atom is -0.507 e. The molecule has 0 saturated carbocycles. The van der Waals surface area contributed by atoms with Crippen LogP contribution in [0.1, 0.15) is 12.5 Å². The first kappa shape index (κ1) is 15.6. The van der Waals surface area contributed by atoms with Gasteiger partial charge in [0.15, 0.2) is 0 Å². The van der Waals surface area contributed by atoms with Crippen LogP contribution in [0.25, 0.3) is 5.76 Å². The van der Waals surface area contributed by atoms with Gasteiger partial charge in [-0.15, -0.1) is 0 Å². The summed E-state index contributed by atoms with van der Waals surface area (Å²) in [7, 11) is 1.01. The summed E-state index contributed by atoms with van der Waals surface area (Å²) in [6, 6.07) is 3.96. The van der Waals surface area contributed by atoms with E-state index in [-0.39, 0.29) is 16.9 Å². The Hall–Kier alpha value is -3.29. The van der Waals surface area contributed by atoms with E-state index in [9.17, 15) is 24.6 Å². The van der Waals surface area contributed by atoms with Gasteiger partial charge in [0.25, 0.3) is 0 Å². The predicted octanol–water partition coefficient (Wildman–Crippen LogP) is 0.995. The number of phenolic OH excluding ortho intramolecular Hbond substituents is 1. The number of rotatable bonds is 1. The molecule has 0 saturated heterocycles. The predicted molar refractivity (Wildman–Crippen MR) is 77.9 cm³/mol. The number of carbonyl (C=O) groups excluding carboxylic acids is 3. The van der Waals surface area contributed by atoms with Gasteiger partial charge in [0, 0.05) is 5.57 Å². The Kier molecular flexibility index (Phi) is 3.33. The van der Waals surface area contributed by atoms with Gasteiger partial charge in [0.1, 0.15) is 34.7 Å². The minimum atomic E-state index is -2.55. The molecular formula is C16H12O8. The topological polar surface area (TPSA) is 119 Å². The SMILES string of the molecule is COC(=O)[C@]12Oc3cccc(O)c3C(O)=C1C(=O)OC=C(C)C2=O. The van der Waals surface area contributed by atoms with Crippen molar-refractivity contribution in [2.24, 2.45) is 0 Å². The average molecular weight is 332 g/mol. The van der Waals surface area contributed by atoms with Crippen LogP contribution in [0, 0.1) is 0 Å². The molecule has 0 spiro atoms. The third-order valence-electron chi connectivity index (χ3n) is 3.79. The molecule has 0 unspecified atom stereocenters.